The van der Waals surface area contributed by atoms with E-state index in [0.29, 0.717) is 6.61 Å². The van der Waals surface area contributed by atoms with Crippen molar-refractivity contribution < 1.29 is 9.47 Å². The number of fused-ring (bicyclic) bond motifs is 1. The van der Waals surface area contributed by atoms with E-state index < -0.39 is 5.72 Å². The van der Waals surface area contributed by atoms with Crippen molar-refractivity contribution in [1.82, 2.24) is 5.32 Å². The Morgan fingerprint density at radius 2 is 1.70 bits per heavy atom. The molecule has 0 saturated carbocycles. The Balaban J connectivity index is 2.26. The maximum absolute atomic E-state index is 6.41. The van der Waals surface area contributed by atoms with Crippen LogP contribution in [-0.4, -0.2) is 19.3 Å². The highest BCUT2D eigenvalue weighted by Gasteiger charge is 2.54. The largest absolute Gasteiger partial charge is 0.496 e. The molecule has 1 saturated heterocycles. The molecular formula is C20H27NO2. The molecule has 1 fully saturated rings. The predicted octanol–water partition coefficient (Wildman–Crippen LogP) is 4.45. The molecule has 23 heavy (non-hydrogen) atoms. The van der Waals surface area contributed by atoms with Gasteiger partial charge < -0.3 is 9.47 Å². The Labute approximate surface area is 139 Å². The Morgan fingerprint density at radius 1 is 1.09 bits per heavy atom. The fourth-order valence-electron chi connectivity index (χ4n) is 3.45. The van der Waals surface area contributed by atoms with Gasteiger partial charge in [-0.05, 0) is 36.8 Å². The van der Waals surface area contributed by atoms with Gasteiger partial charge in [-0.15, -0.1) is 0 Å². The molecule has 3 heteroatoms. The van der Waals surface area contributed by atoms with Gasteiger partial charge in [-0.1, -0.05) is 45.0 Å². The molecule has 1 unspecified atom stereocenters. The van der Waals surface area contributed by atoms with E-state index in [1.807, 2.05) is 0 Å². The maximum Gasteiger partial charge on any atom is 0.154 e. The summed E-state index contributed by atoms with van der Waals surface area (Å²) >= 11 is 0. The average Bonchev–Trinajstić information content (AvgIpc) is 2.82. The van der Waals surface area contributed by atoms with Crippen molar-refractivity contribution in [2.45, 2.75) is 45.9 Å². The van der Waals surface area contributed by atoms with Crippen molar-refractivity contribution in [3.63, 3.8) is 0 Å². The molecule has 1 aliphatic rings. The summed E-state index contributed by atoms with van der Waals surface area (Å²) in [5, 5.41) is 6.11. The lowest BCUT2D eigenvalue weighted by atomic mass is 9.77. The van der Waals surface area contributed by atoms with Gasteiger partial charge in [-0.25, -0.2) is 0 Å². The lowest BCUT2D eigenvalue weighted by Crippen LogP contribution is -2.54. The van der Waals surface area contributed by atoms with Crippen LogP contribution in [0.1, 0.15) is 40.2 Å². The second kappa shape index (κ2) is 5.22. The summed E-state index contributed by atoms with van der Waals surface area (Å²) in [6, 6.07) is 12.7. The normalized spacial score (nSPS) is 24.1. The first-order chi connectivity index (χ1) is 10.7. The third-order valence-corrected chi connectivity index (χ3v) is 4.67. The minimum atomic E-state index is -0.578. The van der Waals surface area contributed by atoms with Gasteiger partial charge in [0.2, 0.25) is 0 Å². The molecule has 3 nitrogen and oxygen atoms in total. The van der Waals surface area contributed by atoms with Crippen LogP contribution in [0.4, 0.5) is 0 Å². The van der Waals surface area contributed by atoms with Gasteiger partial charge in [0.05, 0.1) is 13.7 Å². The molecule has 2 aromatic rings. The first-order valence-corrected chi connectivity index (χ1v) is 8.19. The summed E-state index contributed by atoms with van der Waals surface area (Å²) in [5.74, 6) is 0.865. The van der Waals surface area contributed by atoms with Crippen LogP contribution in [0.25, 0.3) is 10.8 Å². The Bertz CT molecular complexity index is 730. The van der Waals surface area contributed by atoms with E-state index in [0.717, 1.165) is 11.3 Å². The van der Waals surface area contributed by atoms with Crippen LogP contribution in [0.15, 0.2) is 36.4 Å². The van der Waals surface area contributed by atoms with Gasteiger partial charge in [0, 0.05) is 16.5 Å². The SMILES string of the molecule is COc1cc2ccccc2cc1C1(C(C)(C)C)NC(C)(C)CO1. The fourth-order valence-corrected chi connectivity index (χ4v) is 3.45. The summed E-state index contributed by atoms with van der Waals surface area (Å²) in [6.45, 7) is 11.6. The first kappa shape index (κ1) is 16.3. The number of nitrogens with one attached hydrogen (secondary N) is 1. The molecule has 3 rings (SSSR count). The molecule has 1 aliphatic heterocycles. The standard InChI is InChI=1S/C20H27NO2/c1-18(2,3)20(21-19(4,5)13-23-20)16-11-14-9-7-8-10-15(14)12-17(16)22-6/h7-12,21H,13H2,1-6H3. The highest BCUT2D eigenvalue weighted by atomic mass is 16.5. The second-order valence-electron chi connectivity index (χ2n) is 8.13. The van der Waals surface area contributed by atoms with Crippen LogP contribution in [0, 0.1) is 5.41 Å². The number of benzene rings is 2. The summed E-state index contributed by atoms with van der Waals surface area (Å²) < 4.78 is 12.1. The fraction of sp³-hybridized carbons (Fsp3) is 0.500. The minimum Gasteiger partial charge on any atom is -0.496 e. The van der Waals surface area contributed by atoms with Crippen LogP contribution in [0.3, 0.4) is 0 Å². The number of rotatable bonds is 2. The van der Waals surface area contributed by atoms with E-state index in [1.165, 1.54) is 10.8 Å². The van der Waals surface area contributed by atoms with Gasteiger partial charge in [0.25, 0.3) is 0 Å². The lowest BCUT2D eigenvalue weighted by Gasteiger charge is -2.43. The molecule has 1 N–H and O–H groups in total. The van der Waals surface area contributed by atoms with Crippen molar-refractivity contribution >= 4 is 10.8 Å². The quantitative estimate of drug-likeness (QED) is 0.889. The van der Waals surface area contributed by atoms with Gasteiger partial charge >= 0.3 is 0 Å². The van der Waals surface area contributed by atoms with Crippen LogP contribution in [0.2, 0.25) is 0 Å². The summed E-state index contributed by atoms with van der Waals surface area (Å²) in [6.07, 6.45) is 0. The van der Waals surface area contributed by atoms with Gasteiger partial charge in [-0.3, -0.25) is 5.32 Å². The van der Waals surface area contributed by atoms with E-state index >= 15 is 0 Å². The number of ether oxygens (including phenoxy) is 2. The summed E-state index contributed by atoms with van der Waals surface area (Å²) in [5.41, 5.74) is 0.281. The third-order valence-electron chi connectivity index (χ3n) is 4.67. The van der Waals surface area contributed by atoms with Crippen molar-refractivity contribution in [2.24, 2.45) is 5.41 Å². The van der Waals surface area contributed by atoms with E-state index in [-0.39, 0.29) is 11.0 Å². The molecule has 0 bridgehead atoms. The lowest BCUT2D eigenvalue weighted by molar-refractivity contribution is -0.0999. The number of methoxy groups -OCH3 is 1. The zero-order valence-corrected chi connectivity index (χ0v) is 15.0. The van der Waals surface area contributed by atoms with Crippen molar-refractivity contribution in [3.05, 3.63) is 42.0 Å². The monoisotopic (exact) mass is 313 g/mol. The van der Waals surface area contributed by atoms with Crippen LogP contribution in [0.5, 0.6) is 5.75 Å². The molecule has 124 valence electrons. The van der Waals surface area contributed by atoms with Gasteiger partial charge in [0.1, 0.15) is 5.75 Å². The molecule has 1 heterocycles. The summed E-state index contributed by atoms with van der Waals surface area (Å²) in [7, 11) is 1.73. The molecule has 0 aliphatic carbocycles. The Hall–Kier alpha value is -1.58. The van der Waals surface area contributed by atoms with E-state index in [4.69, 9.17) is 9.47 Å². The number of hydrogen-bond acceptors (Lipinski definition) is 3. The first-order valence-electron chi connectivity index (χ1n) is 8.19. The smallest absolute Gasteiger partial charge is 0.154 e. The summed E-state index contributed by atoms with van der Waals surface area (Å²) in [4.78, 5) is 0. The predicted molar refractivity (Wildman–Crippen MR) is 94.8 cm³/mol. The maximum atomic E-state index is 6.41. The van der Waals surface area contributed by atoms with Crippen LogP contribution < -0.4 is 10.1 Å². The average molecular weight is 313 g/mol. The van der Waals surface area contributed by atoms with Crippen molar-refractivity contribution in [1.29, 1.82) is 0 Å². The van der Waals surface area contributed by atoms with Gasteiger partial charge in [-0.2, -0.15) is 0 Å². The van der Waals surface area contributed by atoms with E-state index in [1.54, 1.807) is 7.11 Å². The molecule has 0 amide bonds. The van der Waals surface area contributed by atoms with E-state index in [2.05, 4.69) is 76.3 Å². The third kappa shape index (κ3) is 2.62. The highest BCUT2D eigenvalue weighted by Crippen LogP contribution is 2.49. The minimum absolute atomic E-state index is 0.0794. The molecule has 1 atom stereocenters. The van der Waals surface area contributed by atoms with Crippen LogP contribution in [-0.2, 0) is 10.5 Å². The zero-order chi connectivity index (χ0) is 16.9. The highest BCUT2D eigenvalue weighted by molar-refractivity contribution is 5.85. The molecule has 0 aromatic heterocycles. The Kier molecular flexibility index (Phi) is 3.69. The molecule has 2 aromatic carbocycles. The number of hydrogen-bond donors (Lipinski definition) is 1. The second-order valence-corrected chi connectivity index (χ2v) is 8.13. The zero-order valence-electron chi connectivity index (χ0n) is 15.0. The van der Waals surface area contributed by atoms with Crippen molar-refractivity contribution in [3.8, 4) is 5.75 Å². The Morgan fingerprint density at radius 3 is 2.17 bits per heavy atom. The molecule has 0 spiro atoms. The topological polar surface area (TPSA) is 30.5 Å². The molecular weight excluding hydrogens is 286 g/mol. The molecule has 0 radical (unpaired) electrons. The van der Waals surface area contributed by atoms with Crippen molar-refractivity contribution in [2.75, 3.05) is 13.7 Å². The van der Waals surface area contributed by atoms with Crippen LogP contribution >= 0.6 is 0 Å². The van der Waals surface area contributed by atoms with E-state index in [9.17, 15) is 0 Å². The van der Waals surface area contributed by atoms with Gasteiger partial charge in [0.15, 0.2) is 5.72 Å².